The topological polar surface area (TPSA) is 29.1 Å². The first kappa shape index (κ1) is 12.3. The molecule has 2 rings (SSSR count). The van der Waals surface area contributed by atoms with Gasteiger partial charge in [-0.3, -0.25) is 4.79 Å². The van der Waals surface area contributed by atoms with Crippen LogP contribution in [0.15, 0.2) is 18.2 Å². The van der Waals surface area contributed by atoms with Crippen LogP contribution in [0.2, 0.25) is 0 Å². The van der Waals surface area contributed by atoms with Crippen molar-refractivity contribution >= 4 is 5.78 Å². The van der Waals surface area contributed by atoms with E-state index in [0.29, 0.717) is 0 Å². The molecule has 92 valence electrons. The van der Waals surface area contributed by atoms with Gasteiger partial charge in [-0.2, -0.15) is 0 Å². The fourth-order valence-electron chi connectivity index (χ4n) is 2.70. The van der Waals surface area contributed by atoms with Gasteiger partial charge in [-0.1, -0.05) is 24.6 Å². The number of hydrogen-bond acceptors (Lipinski definition) is 2. The van der Waals surface area contributed by atoms with Gasteiger partial charge in [0.15, 0.2) is 5.78 Å². The fraction of sp³-hybridized carbons (Fsp3) is 0.533. The average Bonchev–Trinajstić information content (AvgIpc) is 2.81. The summed E-state index contributed by atoms with van der Waals surface area (Å²) in [4.78, 5) is 12.7. The van der Waals surface area contributed by atoms with Gasteiger partial charge in [0.25, 0.3) is 0 Å². The molecule has 1 aromatic rings. The minimum atomic E-state index is -0.307. The third-order valence-corrected chi connectivity index (χ3v) is 3.92. The Kier molecular flexibility index (Phi) is 3.34. The molecule has 1 N–H and O–H groups in total. The second kappa shape index (κ2) is 4.61. The van der Waals surface area contributed by atoms with Gasteiger partial charge in [0.05, 0.1) is 5.54 Å². The largest absolute Gasteiger partial charge is 0.305 e. The first-order chi connectivity index (χ1) is 8.09. The lowest BCUT2D eigenvalue weighted by atomic mass is 9.83. The number of nitrogens with one attached hydrogen (secondary N) is 1. The van der Waals surface area contributed by atoms with Gasteiger partial charge >= 0.3 is 0 Å². The van der Waals surface area contributed by atoms with Gasteiger partial charge in [-0.05, 0) is 51.3 Å². The van der Waals surface area contributed by atoms with E-state index in [2.05, 4.69) is 18.3 Å². The van der Waals surface area contributed by atoms with Crippen LogP contribution in [0.5, 0.6) is 0 Å². The lowest BCUT2D eigenvalue weighted by molar-refractivity contribution is 0.0863. The van der Waals surface area contributed by atoms with Crippen molar-refractivity contribution < 1.29 is 4.79 Å². The number of aryl methyl sites for hydroxylation is 2. The number of ketones is 1. The van der Waals surface area contributed by atoms with E-state index in [9.17, 15) is 4.79 Å². The van der Waals surface area contributed by atoms with Gasteiger partial charge in [0.1, 0.15) is 0 Å². The normalized spacial score (nSPS) is 23.9. The van der Waals surface area contributed by atoms with Crippen LogP contribution in [0.25, 0.3) is 0 Å². The Labute approximate surface area is 103 Å². The first-order valence-electron chi connectivity index (χ1n) is 6.46. The first-order valence-corrected chi connectivity index (χ1v) is 6.46. The lowest BCUT2D eigenvalue weighted by Gasteiger charge is -2.27. The summed E-state index contributed by atoms with van der Waals surface area (Å²) in [6, 6.07) is 6.13. The second-order valence-electron chi connectivity index (χ2n) is 5.11. The minimum absolute atomic E-state index is 0.277. The predicted molar refractivity (Wildman–Crippen MR) is 70.5 cm³/mol. The number of Topliss-reactive ketones (excluding diaryl/α,β-unsaturated/α-hetero) is 1. The van der Waals surface area contributed by atoms with E-state index < -0.39 is 0 Å². The molecule has 0 spiro atoms. The Morgan fingerprint density at radius 3 is 2.76 bits per heavy atom. The molecule has 0 amide bonds. The summed E-state index contributed by atoms with van der Waals surface area (Å²) in [5, 5.41) is 3.42. The Morgan fingerprint density at radius 1 is 1.41 bits per heavy atom. The summed E-state index contributed by atoms with van der Waals surface area (Å²) in [6.07, 6.45) is 2.94. The van der Waals surface area contributed by atoms with Crippen molar-refractivity contribution in [3.8, 4) is 0 Å². The van der Waals surface area contributed by atoms with Crippen molar-refractivity contribution in [2.45, 2.75) is 45.6 Å². The van der Waals surface area contributed by atoms with Gasteiger partial charge in [0.2, 0.25) is 0 Å². The molecule has 1 aromatic carbocycles. The van der Waals surface area contributed by atoms with Crippen LogP contribution in [0.3, 0.4) is 0 Å². The molecular weight excluding hydrogens is 210 g/mol. The summed E-state index contributed by atoms with van der Waals surface area (Å²) in [7, 11) is 0. The maximum Gasteiger partial charge on any atom is 0.183 e. The summed E-state index contributed by atoms with van der Waals surface area (Å²) in [5.41, 5.74) is 2.82. The fourth-order valence-corrected chi connectivity index (χ4v) is 2.70. The SMILES string of the molecule is CCC1(C(=O)c2cc(C)ccc2C)CCCN1. The molecule has 1 aliphatic heterocycles. The summed E-state index contributed by atoms with van der Waals surface area (Å²) >= 11 is 0. The molecule has 0 saturated carbocycles. The lowest BCUT2D eigenvalue weighted by Crippen LogP contribution is -2.47. The summed E-state index contributed by atoms with van der Waals surface area (Å²) in [5.74, 6) is 0.277. The van der Waals surface area contributed by atoms with Crippen molar-refractivity contribution in [2.75, 3.05) is 6.54 Å². The molecular formula is C15H21NO. The molecule has 1 atom stereocenters. The molecule has 0 bridgehead atoms. The van der Waals surface area contributed by atoms with E-state index in [0.717, 1.165) is 42.5 Å². The maximum atomic E-state index is 12.7. The van der Waals surface area contributed by atoms with Crippen molar-refractivity contribution in [3.05, 3.63) is 34.9 Å². The second-order valence-corrected chi connectivity index (χ2v) is 5.11. The summed E-state index contributed by atoms with van der Waals surface area (Å²) in [6.45, 7) is 7.12. The van der Waals surface area contributed by atoms with Crippen LogP contribution in [0, 0.1) is 13.8 Å². The maximum absolute atomic E-state index is 12.7. The standard InChI is InChI=1S/C15H21NO/c1-4-15(8-5-9-16-15)14(17)13-10-11(2)6-7-12(13)3/h6-7,10,16H,4-5,8-9H2,1-3H3. The van der Waals surface area contributed by atoms with Crippen LogP contribution in [-0.4, -0.2) is 17.9 Å². The van der Waals surface area contributed by atoms with Crippen molar-refractivity contribution in [1.29, 1.82) is 0 Å². The smallest absolute Gasteiger partial charge is 0.183 e. The molecule has 1 aliphatic rings. The van der Waals surface area contributed by atoms with Gasteiger partial charge < -0.3 is 5.32 Å². The molecule has 1 saturated heterocycles. The zero-order valence-corrected chi connectivity index (χ0v) is 11.0. The minimum Gasteiger partial charge on any atom is -0.305 e. The van der Waals surface area contributed by atoms with Crippen LogP contribution in [-0.2, 0) is 0 Å². The van der Waals surface area contributed by atoms with E-state index in [-0.39, 0.29) is 11.3 Å². The van der Waals surface area contributed by atoms with Gasteiger partial charge in [-0.25, -0.2) is 0 Å². The molecule has 0 aliphatic carbocycles. The highest BCUT2D eigenvalue weighted by atomic mass is 16.1. The van der Waals surface area contributed by atoms with Crippen LogP contribution in [0.4, 0.5) is 0 Å². The van der Waals surface area contributed by atoms with Gasteiger partial charge in [-0.15, -0.1) is 0 Å². The number of rotatable bonds is 3. The Morgan fingerprint density at radius 2 is 2.18 bits per heavy atom. The Hall–Kier alpha value is -1.15. The molecule has 0 radical (unpaired) electrons. The van der Waals surface area contributed by atoms with Gasteiger partial charge in [0, 0.05) is 5.56 Å². The van der Waals surface area contributed by atoms with Crippen LogP contribution >= 0.6 is 0 Å². The third-order valence-electron chi connectivity index (χ3n) is 3.92. The predicted octanol–water partition coefficient (Wildman–Crippen LogP) is 3.02. The highest BCUT2D eigenvalue weighted by Crippen LogP contribution is 2.28. The zero-order valence-electron chi connectivity index (χ0n) is 11.0. The highest BCUT2D eigenvalue weighted by molar-refractivity contribution is 6.04. The van der Waals surface area contributed by atoms with Crippen molar-refractivity contribution in [1.82, 2.24) is 5.32 Å². The molecule has 1 fully saturated rings. The van der Waals surface area contributed by atoms with E-state index in [4.69, 9.17) is 0 Å². The van der Waals surface area contributed by atoms with E-state index in [1.54, 1.807) is 0 Å². The molecule has 17 heavy (non-hydrogen) atoms. The Bertz CT molecular complexity index is 431. The number of carbonyl (C=O) groups is 1. The highest BCUT2D eigenvalue weighted by Gasteiger charge is 2.39. The average molecular weight is 231 g/mol. The molecule has 2 nitrogen and oxygen atoms in total. The van der Waals surface area contributed by atoms with E-state index in [1.165, 1.54) is 0 Å². The van der Waals surface area contributed by atoms with E-state index >= 15 is 0 Å². The van der Waals surface area contributed by atoms with Crippen molar-refractivity contribution in [2.24, 2.45) is 0 Å². The quantitative estimate of drug-likeness (QED) is 0.810. The molecule has 1 heterocycles. The van der Waals surface area contributed by atoms with Crippen LogP contribution in [0.1, 0.15) is 47.7 Å². The summed E-state index contributed by atoms with van der Waals surface area (Å²) < 4.78 is 0. The van der Waals surface area contributed by atoms with Crippen molar-refractivity contribution in [3.63, 3.8) is 0 Å². The zero-order chi connectivity index (χ0) is 12.5. The molecule has 0 aromatic heterocycles. The number of hydrogen-bond donors (Lipinski definition) is 1. The third kappa shape index (κ3) is 2.14. The van der Waals surface area contributed by atoms with Crippen LogP contribution < -0.4 is 5.32 Å². The monoisotopic (exact) mass is 231 g/mol. The molecule has 2 heteroatoms. The van der Waals surface area contributed by atoms with E-state index in [1.807, 2.05) is 26.0 Å². The number of carbonyl (C=O) groups excluding carboxylic acids is 1. The Balaban J connectivity index is 2.39. The number of benzene rings is 1. The molecule has 1 unspecified atom stereocenters.